The van der Waals surface area contributed by atoms with E-state index in [-0.39, 0.29) is 36.7 Å². The van der Waals surface area contributed by atoms with E-state index < -0.39 is 6.04 Å². The Morgan fingerprint density at radius 3 is 1.97 bits per heavy atom. The molecule has 4 nitrogen and oxygen atoms in total. The highest BCUT2D eigenvalue weighted by atomic mass is 35.5. The minimum Gasteiger partial charge on any atom is -0.352 e. The van der Waals surface area contributed by atoms with E-state index in [1.807, 2.05) is 74.5 Å². The molecule has 3 aromatic carbocycles. The minimum absolute atomic E-state index is 0.0161. The summed E-state index contributed by atoms with van der Waals surface area (Å²) in [5.74, 6) is -0.452. The zero-order valence-corrected chi connectivity index (χ0v) is 21.9. The molecule has 3 rings (SSSR count). The third-order valence-electron chi connectivity index (χ3n) is 6.31. The lowest BCUT2D eigenvalue weighted by Gasteiger charge is -2.31. The maximum absolute atomic E-state index is 13.9. The van der Waals surface area contributed by atoms with Crippen molar-refractivity contribution in [1.29, 1.82) is 0 Å². The number of nitrogens with one attached hydrogen (secondary N) is 1. The van der Waals surface area contributed by atoms with Gasteiger partial charge in [-0.3, -0.25) is 9.59 Å². The number of hydrogen-bond acceptors (Lipinski definition) is 2. The van der Waals surface area contributed by atoms with Crippen molar-refractivity contribution < 1.29 is 9.59 Å². The van der Waals surface area contributed by atoms with Gasteiger partial charge >= 0.3 is 0 Å². The lowest BCUT2D eigenvalue weighted by Crippen LogP contribution is -2.49. The Balaban J connectivity index is 1.93. The first-order valence-corrected chi connectivity index (χ1v) is 12.7. The Bertz CT molecular complexity index is 1080. The Kier molecular flexibility index (Phi) is 9.76. The van der Waals surface area contributed by atoms with E-state index in [0.29, 0.717) is 10.0 Å². The smallest absolute Gasteiger partial charge is 0.242 e. The SMILES string of the molecule is CC[C@H](C)NC(=O)[C@H](C)N(Cc1ccc(Cl)cc1Cl)C(=O)CC(c1ccccc1)c1ccccc1. The first-order valence-electron chi connectivity index (χ1n) is 11.9. The Morgan fingerprint density at radius 1 is 0.886 bits per heavy atom. The summed E-state index contributed by atoms with van der Waals surface area (Å²) in [5.41, 5.74) is 2.84. The van der Waals surface area contributed by atoms with Gasteiger partial charge in [0.25, 0.3) is 0 Å². The third kappa shape index (κ3) is 7.33. The molecule has 35 heavy (non-hydrogen) atoms. The zero-order valence-electron chi connectivity index (χ0n) is 20.4. The van der Waals surface area contributed by atoms with Crippen molar-refractivity contribution in [3.63, 3.8) is 0 Å². The molecule has 1 N–H and O–H groups in total. The summed E-state index contributed by atoms with van der Waals surface area (Å²) in [6.07, 6.45) is 1.03. The first kappa shape index (κ1) is 26.8. The summed E-state index contributed by atoms with van der Waals surface area (Å²) < 4.78 is 0. The van der Waals surface area contributed by atoms with Crippen LogP contribution in [0.25, 0.3) is 0 Å². The number of amides is 2. The third-order valence-corrected chi connectivity index (χ3v) is 6.89. The van der Waals surface area contributed by atoms with E-state index in [1.165, 1.54) is 0 Å². The predicted molar refractivity (Wildman–Crippen MR) is 144 cm³/mol. The molecule has 0 saturated carbocycles. The molecule has 0 aliphatic rings. The molecule has 0 saturated heterocycles. The molecule has 0 aromatic heterocycles. The van der Waals surface area contributed by atoms with Crippen molar-refractivity contribution in [3.8, 4) is 0 Å². The van der Waals surface area contributed by atoms with Crippen molar-refractivity contribution in [2.75, 3.05) is 0 Å². The monoisotopic (exact) mass is 510 g/mol. The Labute approximate surface area is 218 Å². The molecule has 0 heterocycles. The van der Waals surface area contributed by atoms with Crippen LogP contribution < -0.4 is 5.32 Å². The van der Waals surface area contributed by atoms with Crippen LogP contribution in [0.1, 0.15) is 56.2 Å². The first-order chi connectivity index (χ1) is 16.8. The molecule has 0 radical (unpaired) electrons. The molecule has 2 amide bonds. The topological polar surface area (TPSA) is 49.4 Å². The number of carbonyl (C=O) groups is 2. The minimum atomic E-state index is -0.671. The summed E-state index contributed by atoms with van der Waals surface area (Å²) in [7, 11) is 0. The highest BCUT2D eigenvalue weighted by Crippen LogP contribution is 2.30. The molecule has 2 atom stereocenters. The molecule has 0 unspecified atom stereocenters. The number of benzene rings is 3. The van der Waals surface area contributed by atoms with Gasteiger partial charge in [-0.25, -0.2) is 0 Å². The fourth-order valence-corrected chi connectivity index (χ4v) is 4.44. The Morgan fingerprint density at radius 2 is 1.46 bits per heavy atom. The lowest BCUT2D eigenvalue weighted by molar-refractivity contribution is -0.141. The molecule has 0 aliphatic carbocycles. The van der Waals surface area contributed by atoms with E-state index in [1.54, 1.807) is 30.0 Å². The fraction of sp³-hybridized carbons (Fsp3) is 0.310. The molecular weight excluding hydrogens is 479 g/mol. The molecule has 184 valence electrons. The van der Waals surface area contributed by atoms with Crippen LogP contribution in [0.5, 0.6) is 0 Å². The van der Waals surface area contributed by atoms with Gasteiger partial charge in [0, 0.05) is 35.0 Å². The van der Waals surface area contributed by atoms with E-state index in [4.69, 9.17) is 23.2 Å². The van der Waals surface area contributed by atoms with Crippen molar-refractivity contribution in [2.45, 2.75) is 58.2 Å². The van der Waals surface area contributed by atoms with Gasteiger partial charge in [0.15, 0.2) is 0 Å². The molecule has 3 aromatic rings. The van der Waals surface area contributed by atoms with Gasteiger partial charge in [-0.15, -0.1) is 0 Å². The standard InChI is InChI=1S/C29H32Cl2N2O2/c1-4-20(2)32-29(35)21(3)33(19-24-15-16-25(30)17-27(24)31)28(34)18-26(22-11-7-5-8-12-22)23-13-9-6-10-14-23/h5-17,20-21,26H,4,18-19H2,1-3H3,(H,32,35)/t20-,21-/m0/s1. The van der Waals surface area contributed by atoms with Gasteiger partial charge < -0.3 is 10.2 Å². The lowest BCUT2D eigenvalue weighted by atomic mass is 9.88. The van der Waals surface area contributed by atoms with Crippen molar-refractivity contribution in [3.05, 3.63) is 106 Å². The highest BCUT2D eigenvalue weighted by Gasteiger charge is 2.30. The molecule has 6 heteroatoms. The van der Waals surface area contributed by atoms with Crippen LogP contribution in [0.4, 0.5) is 0 Å². The quantitative estimate of drug-likeness (QED) is 0.324. The number of carbonyl (C=O) groups excluding carboxylic acids is 2. The van der Waals surface area contributed by atoms with Gasteiger partial charge in [0.05, 0.1) is 0 Å². The van der Waals surface area contributed by atoms with Crippen LogP contribution in [-0.2, 0) is 16.1 Å². The van der Waals surface area contributed by atoms with Gasteiger partial charge in [0.2, 0.25) is 11.8 Å². The fourth-order valence-electron chi connectivity index (χ4n) is 3.97. The molecule has 0 fully saturated rings. The number of nitrogens with zero attached hydrogens (tertiary/aromatic N) is 1. The second-order valence-corrected chi connectivity index (χ2v) is 9.67. The Hall–Kier alpha value is -2.82. The van der Waals surface area contributed by atoms with Crippen LogP contribution in [0, 0.1) is 0 Å². The van der Waals surface area contributed by atoms with Gasteiger partial charge in [-0.05, 0) is 49.1 Å². The normalized spacial score (nSPS) is 12.7. The van der Waals surface area contributed by atoms with Crippen LogP contribution in [-0.4, -0.2) is 28.8 Å². The van der Waals surface area contributed by atoms with Gasteiger partial charge in [-0.1, -0.05) is 96.9 Å². The second-order valence-electron chi connectivity index (χ2n) is 8.83. The molecule has 0 spiro atoms. The number of hydrogen-bond donors (Lipinski definition) is 1. The molecule has 0 aliphatic heterocycles. The maximum Gasteiger partial charge on any atom is 0.242 e. The highest BCUT2D eigenvalue weighted by molar-refractivity contribution is 6.35. The second kappa shape index (κ2) is 12.8. The summed E-state index contributed by atoms with van der Waals surface area (Å²) in [6.45, 7) is 5.93. The maximum atomic E-state index is 13.9. The van der Waals surface area contributed by atoms with Crippen molar-refractivity contribution in [1.82, 2.24) is 10.2 Å². The zero-order chi connectivity index (χ0) is 25.4. The summed E-state index contributed by atoms with van der Waals surface area (Å²) in [6, 6.07) is 24.5. The predicted octanol–water partition coefficient (Wildman–Crippen LogP) is 6.85. The van der Waals surface area contributed by atoms with Crippen LogP contribution in [0.3, 0.4) is 0 Å². The summed E-state index contributed by atoms with van der Waals surface area (Å²) in [5, 5.41) is 3.99. The van der Waals surface area contributed by atoms with E-state index in [2.05, 4.69) is 5.32 Å². The molecule has 0 bridgehead atoms. The van der Waals surface area contributed by atoms with Crippen LogP contribution >= 0.6 is 23.2 Å². The van der Waals surface area contributed by atoms with E-state index in [0.717, 1.165) is 23.1 Å². The average Bonchev–Trinajstić information content (AvgIpc) is 2.87. The average molecular weight is 511 g/mol. The largest absolute Gasteiger partial charge is 0.352 e. The van der Waals surface area contributed by atoms with Crippen molar-refractivity contribution >= 4 is 35.0 Å². The van der Waals surface area contributed by atoms with Crippen LogP contribution in [0.15, 0.2) is 78.9 Å². The molecular formula is C29H32Cl2N2O2. The van der Waals surface area contributed by atoms with Crippen molar-refractivity contribution in [2.24, 2.45) is 0 Å². The van der Waals surface area contributed by atoms with Gasteiger partial charge in [0.1, 0.15) is 6.04 Å². The summed E-state index contributed by atoms with van der Waals surface area (Å²) in [4.78, 5) is 28.5. The van der Waals surface area contributed by atoms with E-state index in [9.17, 15) is 9.59 Å². The number of halogens is 2. The number of rotatable bonds is 10. The van der Waals surface area contributed by atoms with Gasteiger partial charge in [-0.2, -0.15) is 0 Å². The van der Waals surface area contributed by atoms with Crippen LogP contribution in [0.2, 0.25) is 10.0 Å². The summed E-state index contributed by atoms with van der Waals surface area (Å²) >= 11 is 12.5. The van der Waals surface area contributed by atoms with E-state index >= 15 is 0 Å².